The first-order valence-electron chi connectivity index (χ1n) is 35.0. The van der Waals surface area contributed by atoms with Crippen molar-refractivity contribution in [1.82, 2.24) is 0 Å². The van der Waals surface area contributed by atoms with Gasteiger partial charge in [0.15, 0.2) is 12.2 Å². The molecule has 17 nitrogen and oxygen atoms in total. The van der Waals surface area contributed by atoms with Crippen LogP contribution < -0.4 is 0 Å². The zero-order valence-corrected chi connectivity index (χ0v) is 57.4. The number of carbonyl (C=O) groups is 4. The van der Waals surface area contributed by atoms with Crippen LogP contribution in [0.2, 0.25) is 0 Å². The first kappa shape index (κ1) is 84.1. The summed E-state index contributed by atoms with van der Waals surface area (Å²) in [4.78, 5) is 72.2. The van der Waals surface area contributed by atoms with Crippen LogP contribution in [0.15, 0.2) is 0 Å². The number of carbonyl (C=O) groups excluding carboxylic acids is 4. The van der Waals surface area contributed by atoms with E-state index in [9.17, 15) is 43.2 Å². The van der Waals surface area contributed by atoms with Gasteiger partial charge in [0.2, 0.25) is 0 Å². The molecule has 0 aliphatic carbocycles. The van der Waals surface area contributed by atoms with Crippen molar-refractivity contribution in [1.29, 1.82) is 0 Å². The predicted molar refractivity (Wildman–Crippen MR) is 345 cm³/mol. The van der Waals surface area contributed by atoms with Crippen LogP contribution in [0.1, 0.15) is 337 Å². The molecule has 86 heavy (non-hydrogen) atoms. The summed E-state index contributed by atoms with van der Waals surface area (Å²) in [6.07, 6.45) is 43.3. The molecule has 3 N–H and O–H groups in total. The van der Waals surface area contributed by atoms with Gasteiger partial charge in [-0.1, -0.05) is 286 Å². The molecule has 0 saturated carbocycles. The number of aliphatic hydroxyl groups excluding tert-OH is 1. The van der Waals surface area contributed by atoms with Crippen molar-refractivity contribution in [3.05, 3.63) is 0 Å². The number of esters is 4. The molecule has 0 fully saturated rings. The lowest BCUT2D eigenvalue weighted by molar-refractivity contribution is -0.161. The molecule has 0 radical (unpaired) electrons. The molecular formula is C67H130O17P2. The topological polar surface area (TPSA) is 237 Å². The van der Waals surface area contributed by atoms with Crippen molar-refractivity contribution in [3.8, 4) is 0 Å². The van der Waals surface area contributed by atoms with Crippen molar-refractivity contribution in [2.45, 2.75) is 355 Å². The molecule has 0 aromatic carbocycles. The standard InChI is InChI=1S/C67H130O17P2/c1-7-9-11-13-15-16-17-20-24-27-31-38-44-50-65(70)78-56-62(83-66(71)51-45-39-32-28-25-22-19-18-21-23-26-30-35-41-47-59(3)4)57-81-85(73,74)79-53-61(68)54-80-86(75,76)82-58-63(55-77-64(69)49-43-37-29-14-12-10-8-2)84-67(72)52-46-40-34-33-36-42-48-60(5)6/h59-63,68H,7-58H2,1-6H3,(H,73,74)(H,75,76)/t61-,62-,63-/m1/s1. The number of phosphoric acid groups is 2. The summed E-state index contributed by atoms with van der Waals surface area (Å²) in [5.74, 6) is -0.671. The Morgan fingerprint density at radius 3 is 0.791 bits per heavy atom. The van der Waals surface area contributed by atoms with Gasteiger partial charge in [0.1, 0.15) is 19.3 Å². The molecule has 2 unspecified atom stereocenters. The summed E-state index contributed by atoms with van der Waals surface area (Å²) in [7, 11) is -9.89. The fraction of sp³-hybridized carbons (Fsp3) is 0.940. The zero-order valence-electron chi connectivity index (χ0n) is 55.6. The van der Waals surface area contributed by atoms with E-state index in [1.165, 1.54) is 141 Å². The van der Waals surface area contributed by atoms with Crippen LogP contribution in [-0.4, -0.2) is 96.7 Å². The molecule has 19 heteroatoms. The second-order valence-corrected chi connectivity index (χ2v) is 28.1. The second-order valence-electron chi connectivity index (χ2n) is 25.2. The number of phosphoric ester groups is 2. The molecule has 0 aromatic heterocycles. The Balaban J connectivity index is 5.19. The highest BCUT2D eigenvalue weighted by molar-refractivity contribution is 7.47. The maximum Gasteiger partial charge on any atom is 0.472 e. The fourth-order valence-electron chi connectivity index (χ4n) is 10.1. The summed E-state index contributed by atoms with van der Waals surface area (Å²) in [5.41, 5.74) is 0. The van der Waals surface area contributed by atoms with Crippen LogP contribution >= 0.6 is 15.6 Å². The van der Waals surface area contributed by atoms with Gasteiger partial charge in [-0.2, -0.15) is 0 Å². The van der Waals surface area contributed by atoms with Crippen LogP contribution in [0.25, 0.3) is 0 Å². The molecule has 510 valence electrons. The van der Waals surface area contributed by atoms with E-state index in [0.717, 1.165) is 109 Å². The molecule has 0 bridgehead atoms. The van der Waals surface area contributed by atoms with Crippen LogP contribution in [0, 0.1) is 11.8 Å². The molecule has 0 heterocycles. The maximum absolute atomic E-state index is 13.0. The fourth-order valence-corrected chi connectivity index (χ4v) is 11.6. The number of hydrogen-bond acceptors (Lipinski definition) is 15. The molecule has 0 spiro atoms. The highest BCUT2D eigenvalue weighted by Gasteiger charge is 2.30. The SMILES string of the molecule is CCCCCCCCCCCCCCCC(=O)OC[C@H](COP(=O)(O)OC[C@@H](O)COP(=O)(O)OC[C@@H](COC(=O)CCCCCCCCC)OC(=O)CCCCCCCCC(C)C)OC(=O)CCCCCCCCCCCCCCCCC(C)C. The highest BCUT2D eigenvalue weighted by Crippen LogP contribution is 2.45. The Morgan fingerprint density at radius 1 is 0.314 bits per heavy atom. The quantitative estimate of drug-likeness (QED) is 0.0222. The van der Waals surface area contributed by atoms with E-state index in [-0.39, 0.29) is 25.7 Å². The van der Waals surface area contributed by atoms with Crippen molar-refractivity contribution in [3.63, 3.8) is 0 Å². The molecular weight excluding hydrogens is 1140 g/mol. The van der Waals surface area contributed by atoms with Crippen molar-refractivity contribution >= 4 is 39.5 Å². The van der Waals surface area contributed by atoms with Gasteiger partial charge in [-0.05, 0) is 37.5 Å². The van der Waals surface area contributed by atoms with Gasteiger partial charge in [-0.3, -0.25) is 37.3 Å². The first-order chi connectivity index (χ1) is 41.4. The lowest BCUT2D eigenvalue weighted by atomic mass is 10.0. The van der Waals surface area contributed by atoms with Crippen LogP contribution in [0.4, 0.5) is 0 Å². The van der Waals surface area contributed by atoms with E-state index in [4.69, 9.17) is 37.0 Å². The number of hydrogen-bond donors (Lipinski definition) is 3. The molecule has 0 amide bonds. The van der Waals surface area contributed by atoms with Gasteiger partial charge in [-0.25, -0.2) is 9.13 Å². The lowest BCUT2D eigenvalue weighted by Gasteiger charge is -2.21. The van der Waals surface area contributed by atoms with Crippen LogP contribution in [-0.2, 0) is 65.4 Å². The smallest absolute Gasteiger partial charge is 0.462 e. The van der Waals surface area contributed by atoms with Gasteiger partial charge in [-0.15, -0.1) is 0 Å². The van der Waals surface area contributed by atoms with Crippen molar-refractivity contribution in [2.75, 3.05) is 39.6 Å². The normalized spacial score (nSPS) is 14.2. The number of rotatable bonds is 66. The summed E-state index contributed by atoms with van der Waals surface area (Å²) in [6.45, 7) is 9.41. The predicted octanol–water partition coefficient (Wildman–Crippen LogP) is 18.8. The summed E-state index contributed by atoms with van der Waals surface area (Å²) >= 11 is 0. The monoisotopic (exact) mass is 1270 g/mol. The first-order valence-corrected chi connectivity index (χ1v) is 38.0. The minimum atomic E-state index is -4.95. The van der Waals surface area contributed by atoms with E-state index in [1.807, 2.05) is 0 Å². The average molecular weight is 1270 g/mol. The number of unbranched alkanes of at least 4 members (excludes halogenated alkanes) is 36. The average Bonchev–Trinajstić information content (AvgIpc) is 3.68. The van der Waals surface area contributed by atoms with E-state index in [2.05, 4.69) is 41.5 Å². The summed E-state index contributed by atoms with van der Waals surface area (Å²) in [5, 5.41) is 10.5. The molecule has 0 aliphatic heterocycles. The Kier molecular flexibility index (Phi) is 58.0. The van der Waals surface area contributed by atoms with E-state index in [0.29, 0.717) is 31.6 Å². The van der Waals surface area contributed by atoms with Gasteiger partial charge in [0.25, 0.3) is 0 Å². The third kappa shape index (κ3) is 60.9. The molecule has 0 aliphatic rings. The third-order valence-corrected chi connectivity index (χ3v) is 17.4. The molecule has 0 aromatic rings. The second kappa shape index (κ2) is 59.4. The Morgan fingerprint density at radius 2 is 0.535 bits per heavy atom. The Labute approximate surface area is 524 Å². The van der Waals surface area contributed by atoms with Crippen LogP contribution in [0.5, 0.6) is 0 Å². The molecule has 0 saturated heterocycles. The van der Waals surface area contributed by atoms with Crippen molar-refractivity contribution in [2.24, 2.45) is 11.8 Å². The van der Waals surface area contributed by atoms with E-state index >= 15 is 0 Å². The third-order valence-electron chi connectivity index (χ3n) is 15.5. The van der Waals surface area contributed by atoms with Gasteiger partial charge in [0, 0.05) is 25.7 Å². The molecule has 5 atom stereocenters. The molecule has 0 rings (SSSR count). The van der Waals surface area contributed by atoms with Gasteiger partial charge >= 0.3 is 39.5 Å². The highest BCUT2D eigenvalue weighted by atomic mass is 31.2. The number of ether oxygens (including phenoxy) is 4. The lowest BCUT2D eigenvalue weighted by Crippen LogP contribution is -2.30. The van der Waals surface area contributed by atoms with E-state index < -0.39 is 97.5 Å². The summed E-state index contributed by atoms with van der Waals surface area (Å²) in [6, 6.07) is 0. The summed E-state index contributed by atoms with van der Waals surface area (Å²) < 4.78 is 68.0. The Hall–Kier alpha value is -1.94. The van der Waals surface area contributed by atoms with E-state index in [1.54, 1.807) is 0 Å². The van der Waals surface area contributed by atoms with Gasteiger partial charge in [0.05, 0.1) is 26.4 Å². The zero-order chi connectivity index (χ0) is 63.6. The minimum Gasteiger partial charge on any atom is -0.462 e. The van der Waals surface area contributed by atoms with Gasteiger partial charge < -0.3 is 33.8 Å². The minimum absolute atomic E-state index is 0.102. The Bertz CT molecular complexity index is 1680. The van der Waals surface area contributed by atoms with Crippen molar-refractivity contribution < 1.29 is 80.2 Å². The number of aliphatic hydroxyl groups is 1. The maximum atomic E-state index is 13.0. The largest absolute Gasteiger partial charge is 0.472 e. The van der Waals surface area contributed by atoms with Crippen LogP contribution in [0.3, 0.4) is 0 Å².